The molecule has 0 aliphatic heterocycles. The second kappa shape index (κ2) is 4.84. The molecule has 78 valence electrons. The van der Waals surface area contributed by atoms with Gasteiger partial charge in [0.1, 0.15) is 0 Å². The van der Waals surface area contributed by atoms with Gasteiger partial charge in [0.2, 0.25) is 0 Å². The molecule has 1 atom stereocenters. The highest BCUT2D eigenvalue weighted by atomic mass is 127. The lowest BCUT2D eigenvalue weighted by Gasteiger charge is -2.26. The fraction of sp³-hybridized carbons (Fsp3) is 0.400. The number of hydrogen-bond acceptors (Lipinski definition) is 3. The number of benzene rings is 1. The highest BCUT2D eigenvalue weighted by molar-refractivity contribution is 14.1. The van der Waals surface area contributed by atoms with Crippen molar-refractivity contribution in [1.82, 2.24) is 0 Å². The molecule has 3 nitrogen and oxygen atoms in total. The van der Waals surface area contributed by atoms with E-state index in [1.54, 1.807) is 0 Å². The summed E-state index contributed by atoms with van der Waals surface area (Å²) in [7, 11) is 1.93. The number of anilines is 2. The van der Waals surface area contributed by atoms with Crippen LogP contribution in [0.4, 0.5) is 11.4 Å². The van der Waals surface area contributed by atoms with Crippen LogP contribution >= 0.6 is 22.6 Å². The Labute approximate surface area is 98.0 Å². The van der Waals surface area contributed by atoms with Crippen LogP contribution in [-0.4, -0.2) is 24.8 Å². The summed E-state index contributed by atoms with van der Waals surface area (Å²) in [5, 5.41) is 9.03. The molecule has 0 aliphatic carbocycles. The minimum absolute atomic E-state index is 0.0809. The van der Waals surface area contributed by atoms with Crippen molar-refractivity contribution in [3.05, 3.63) is 21.8 Å². The molecule has 0 saturated carbocycles. The standard InChI is InChI=1S/C10H15IN2O/c1-7(6-14)13(2)10-4-3-8(11)5-9(10)12/h3-5,7,14H,6,12H2,1-2H3. The number of aliphatic hydroxyl groups is 1. The van der Waals surface area contributed by atoms with Gasteiger partial charge in [-0.3, -0.25) is 0 Å². The van der Waals surface area contributed by atoms with Gasteiger partial charge in [-0.1, -0.05) is 0 Å². The number of nitrogens with zero attached hydrogens (tertiary/aromatic N) is 1. The quantitative estimate of drug-likeness (QED) is 0.660. The molecule has 1 aromatic rings. The Morgan fingerprint density at radius 3 is 2.71 bits per heavy atom. The van der Waals surface area contributed by atoms with E-state index < -0.39 is 0 Å². The predicted molar refractivity (Wildman–Crippen MR) is 68.5 cm³/mol. The Morgan fingerprint density at radius 2 is 2.21 bits per heavy atom. The Kier molecular flexibility index (Phi) is 4.00. The third-order valence-electron chi connectivity index (χ3n) is 2.29. The summed E-state index contributed by atoms with van der Waals surface area (Å²) in [6.45, 7) is 2.08. The average Bonchev–Trinajstić information content (AvgIpc) is 2.15. The van der Waals surface area contributed by atoms with Crippen molar-refractivity contribution in [3.63, 3.8) is 0 Å². The van der Waals surface area contributed by atoms with E-state index in [0.29, 0.717) is 0 Å². The van der Waals surface area contributed by atoms with Crippen LogP contribution in [-0.2, 0) is 0 Å². The Balaban J connectivity index is 2.95. The van der Waals surface area contributed by atoms with Crippen LogP contribution in [0.5, 0.6) is 0 Å². The SMILES string of the molecule is CC(CO)N(C)c1ccc(I)cc1N. The van der Waals surface area contributed by atoms with E-state index in [9.17, 15) is 0 Å². The first-order valence-corrected chi connectivity index (χ1v) is 5.53. The zero-order valence-electron chi connectivity index (χ0n) is 8.37. The molecule has 4 heteroatoms. The largest absolute Gasteiger partial charge is 0.397 e. The molecule has 0 radical (unpaired) electrons. The molecule has 1 aromatic carbocycles. The third-order valence-corrected chi connectivity index (χ3v) is 2.97. The van der Waals surface area contributed by atoms with Crippen molar-refractivity contribution in [1.29, 1.82) is 0 Å². The number of nitrogen functional groups attached to an aromatic ring is 1. The molecule has 1 unspecified atom stereocenters. The molecule has 0 aliphatic rings. The van der Waals surface area contributed by atoms with Gasteiger partial charge in [0.05, 0.1) is 18.0 Å². The highest BCUT2D eigenvalue weighted by Crippen LogP contribution is 2.25. The van der Waals surface area contributed by atoms with Crippen LogP contribution in [0.2, 0.25) is 0 Å². The summed E-state index contributed by atoms with van der Waals surface area (Å²) < 4.78 is 1.12. The second-order valence-corrected chi connectivity index (χ2v) is 4.59. The molecular weight excluding hydrogens is 291 g/mol. The Bertz CT molecular complexity index is 317. The first-order chi connectivity index (χ1) is 6.56. The van der Waals surface area contributed by atoms with Crippen LogP contribution < -0.4 is 10.6 Å². The van der Waals surface area contributed by atoms with Crippen molar-refractivity contribution in [2.45, 2.75) is 13.0 Å². The maximum absolute atomic E-state index is 9.03. The van der Waals surface area contributed by atoms with E-state index in [1.807, 2.05) is 37.1 Å². The predicted octanol–water partition coefficient (Wildman–Crippen LogP) is 1.69. The minimum Gasteiger partial charge on any atom is -0.397 e. The molecular formula is C10H15IN2O. The van der Waals surface area contributed by atoms with Crippen LogP contribution in [0.25, 0.3) is 0 Å². The lowest BCUT2D eigenvalue weighted by molar-refractivity contribution is 0.270. The molecule has 1 rings (SSSR count). The van der Waals surface area contributed by atoms with Gasteiger partial charge in [0.15, 0.2) is 0 Å². The van der Waals surface area contributed by atoms with Crippen molar-refractivity contribution in [3.8, 4) is 0 Å². The molecule has 3 N–H and O–H groups in total. The summed E-state index contributed by atoms with van der Waals surface area (Å²) in [5.41, 5.74) is 7.60. The number of nitrogens with two attached hydrogens (primary N) is 1. The molecule has 0 spiro atoms. The van der Waals surface area contributed by atoms with Gasteiger partial charge < -0.3 is 15.7 Å². The van der Waals surface area contributed by atoms with Crippen LogP contribution in [0.3, 0.4) is 0 Å². The number of rotatable bonds is 3. The summed E-state index contributed by atoms with van der Waals surface area (Å²) in [6.07, 6.45) is 0. The average molecular weight is 306 g/mol. The van der Waals surface area contributed by atoms with E-state index in [2.05, 4.69) is 22.6 Å². The number of halogens is 1. The van der Waals surface area contributed by atoms with E-state index in [1.165, 1.54) is 0 Å². The zero-order valence-corrected chi connectivity index (χ0v) is 10.5. The molecule has 0 fully saturated rings. The van der Waals surface area contributed by atoms with E-state index in [-0.39, 0.29) is 12.6 Å². The highest BCUT2D eigenvalue weighted by Gasteiger charge is 2.11. The lowest BCUT2D eigenvalue weighted by atomic mass is 10.2. The molecule has 0 amide bonds. The summed E-state index contributed by atoms with van der Waals surface area (Å²) in [5.74, 6) is 0. The molecule has 14 heavy (non-hydrogen) atoms. The van der Waals surface area contributed by atoms with Crippen LogP contribution in [0, 0.1) is 3.57 Å². The number of hydrogen-bond donors (Lipinski definition) is 2. The topological polar surface area (TPSA) is 49.5 Å². The maximum atomic E-state index is 9.03. The normalized spacial score (nSPS) is 12.6. The first-order valence-electron chi connectivity index (χ1n) is 4.45. The molecule has 0 bridgehead atoms. The van der Waals surface area contributed by atoms with Gasteiger partial charge in [0, 0.05) is 16.7 Å². The van der Waals surface area contributed by atoms with E-state index >= 15 is 0 Å². The molecule has 0 aromatic heterocycles. The van der Waals surface area contributed by atoms with E-state index in [0.717, 1.165) is 14.9 Å². The van der Waals surface area contributed by atoms with Crippen LogP contribution in [0.1, 0.15) is 6.92 Å². The minimum atomic E-state index is 0.0809. The third kappa shape index (κ3) is 2.51. The van der Waals surface area contributed by atoms with Crippen molar-refractivity contribution >= 4 is 34.0 Å². The molecule has 0 saturated heterocycles. The number of likely N-dealkylation sites (N-methyl/N-ethyl adjacent to an activating group) is 1. The van der Waals surface area contributed by atoms with Gasteiger partial charge in [-0.2, -0.15) is 0 Å². The van der Waals surface area contributed by atoms with Gasteiger partial charge >= 0.3 is 0 Å². The van der Waals surface area contributed by atoms with Gasteiger partial charge in [-0.25, -0.2) is 0 Å². The Hall–Kier alpha value is -0.490. The van der Waals surface area contributed by atoms with Crippen molar-refractivity contribution in [2.24, 2.45) is 0 Å². The Morgan fingerprint density at radius 1 is 1.57 bits per heavy atom. The van der Waals surface area contributed by atoms with E-state index in [4.69, 9.17) is 10.8 Å². The fourth-order valence-corrected chi connectivity index (χ4v) is 1.72. The van der Waals surface area contributed by atoms with Crippen LogP contribution in [0.15, 0.2) is 18.2 Å². The maximum Gasteiger partial charge on any atom is 0.0632 e. The summed E-state index contributed by atoms with van der Waals surface area (Å²) in [4.78, 5) is 1.98. The summed E-state index contributed by atoms with van der Waals surface area (Å²) in [6, 6.07) is 5.99. The van der Waals surface area contributed by atoms with Gasteiger partial charge in [0.25, 0.3) is 0 Å². The van der Waals surface area contributed by atoms with Crippen molar-refractivity contribution < 1.29 is 5.11 Å². The lowest BCUT2D eigenvalue weighted by Crippen LogP contribution is -2.32. The summed E-state index contributed by atoms with van der Waals surface area (Å²) >= 11 is 2.22. The zero-order chi connectivity index (χ0) is 10.7. The fourth-order valence-electron chi connectivity index (χ4n) is 1.21. The molecule has 0 heterocycles. The van der Waals surface area contributed by atoms with Gasteiger partial charge in [-0.05, 0) is 47.7 Å². The van der Waals surface area contributed by atoms with Gasteiger partial charge in [-0.15, -0.1) is 0 Å². The first kappa shape index (κ1) is 11.6. The smallest absolute Gasteiger partial charge is 0.0632 e. The monoisotopic (exact) mass is 306 g/mol. The van der Waals surface area contributed by atoms with Crippen molar-refractivity contribution in [2.75, 3.05) is 24.3 Å². The second-order valence-electron chi connectivity index (χ2n) is 3.35. The number of aliphatic hydroxyl groups excluding tert-OH is 1.